The summed E-state index contributed by atoms with van der Waals surface area (Å²) in [7, 11) is -3.99. The van der Waals surface area contributed by atoms with E-state index in [2.05, 4.69) is 0 Å². The van der Waals surface area contributed by atoms with Crippen LogP contribution in [-0.4, -0.2) is 49.9 Å². The third-order valence-corrected chi connectivity index (χ3v) is 6.84. The number of aromatic hydroxyl groups is 1. The standard InChI is InChI=1S/C20H24N2O6S/c23-17(19-5-2-8-28-19)4-1-3-13-6-7-14-11-18(24)16(10-15(14)9-13)22-12-20(25)21-29(22,26)27/h6-7,9-11,17,19,23-24H,1-5,8,12H2,(H,21,25). The zero-order valence-electron chi connectivity index (χ0n) is 15.9. The van der Waals surface area contributed by atoms with Gasteiger partial charge in [-0.2, -0.15) is 8.42 Å². The fourth-order valence-electron chi connectivity index (χ4n) is 3.95. The van der Waals surface area contributed by atoms with Gasteiger partial charge in [-0.05, 0) is 60.6 Å². The molecule has 2 aliphatic heterocycles. The normalized spacial score (nSPS) is 22.2. The molecule has 156 valence electrons. The fourth-order valence-corrected chi connectivity index (χ4v) is 5.10. The number of anilines is 1. The van der Waals surface area contributed by atoms with Crippen LogP contribution in [-0.2, 0) is 26.2 Å². The zero-order chi connectivity index (χ0) is 20.6. The zero-order valence-corrected chi connectivity index (χ0v) is 16.7. The van der Waals surface area contributed by atoms with E-state index in [0.29, 0.717) is 6.42 Å². The SMILES string of the molecule is O=C1CN(c2cc3cc(CCCC(O)C4CCCO4)ccc3cc2O)S(=O)(=O)N1. The molecular weight excluding hydrogens is 396 g/mol. The first-order valence-electron chi connectivity index (χ1n) is 9.72. The van der Waals surface area contributed by atoms with E-state index in [0.717, 1.165) is 52.9 Å². The number of phenolic OH excluding ortho intramolecular Hbond substituents is 1. The van der Waals surface area contributed by atoms with Gasteiger partial charge in [-0.1, -0.05) is 18.2 Å². The lowest BCUT2D eigenvalue weighted by molar-refractivity contribution is -0.117. The minimum absolute atomic E-state index is 0.0594. The van der Waals surface area contributed by atoms with Gasteiger partial charge in [0.05, 0.1) is 17.9 Å². The van der Waals surface area contributed by atoms with Gasteiger partial charge >= 0.3 is 10.2 Å². The fraction of sp³-hybridized carbons (Fsp3) is 0.450. The molecule has 4 rings (SSSR count). The van der Waals surface area contributed by atoms with Crippen molar-refractivity contribution in [3.8, 4) is 5.75 Å². The van der Waals surface area contributed by atoms with Crippen molar-refractivity contribution in [2.75, 3.05) is 17.5 Å². The summed E-state index contributed by atoms with van der Waals surface area (Å²) in [4.78, 5) is 11.5. The highest BCUT2D eigenvalue weighted by atomic mass is 32.2. The number of nitrogens with one attached hydrogen (secondary N) is 1. The quantitative estimate of drug-likeness (QED) is 0.654. The second kappa shape index (κ2) is 7.81. The number of hydrogen-bond acceptors (Lipinski definition) is 6. The van der Waals surface area contributed by atoms with Crippen LogP contribution >= 0.6 is 0 Å². The van der Waals surface area contributed by atoms with Crippen molar-refractivity contribution >= 4 is 32.6 Å². The van der Waals surface area contributed by atoms with Gasteiger partial charge in [0.15, 0.2) is 0 Å². The van der Waals surface area contributed by atoms with Crippen molar-refractivity contribution < 1.29 is 28.2 Å². The Bertz CT molecular complexity index is 1030. The molecule has 2 heterocycles. The number of amides is 1. The van der Waals surface area contributed by atoms with Gasteiger partial charge in [0.1, 0.15) is 12.3 Å². The Hall–Kier alpha value is -2.36. The number of rotatable bonds is 6. The summed E-state index contributed by atoms with van der Waals surface area (Å²) in [6.45, 7) is 0.359. The van der Waals surface area contributed by atoms with Crippen LogP contribution < -0.4 is 9.03 Å². The van der Waals surface area contributed by atoms with Crippen molar-refractivity contribution in [2.24, 2.45) is 0 Å². The highest BCUT2D eigenvalue weighted by molar-refractivity contribution is 7.92. The Morgan fingerprint density at radius 3 is 2.76 bits per heavy atom. The van der Waals surface area contributed by atoms with E-state index in [1.807, 2.05) is 22.9 Å². The molecule has 2 aliphatic rings. The molecule has 0 spiro atoms. The molecule has 1 amide bonds. The number of phenols is 1. The smallest absolute Gasteiger partial charge is 0.326 e. The Labute approximate surface area is 169 Å². The summed E-state index contributed by atoms with van der Waals surface area (Å²) in [5.41, 5.74) is 1.12. The maximum Gasteiger partial charge on any atom is 0.326 e. The molecule has 0 saturated carbocycles. The molecule has 0 aromatic heterocycles. The van der Waals surface area contributed by atoms with Gasteiger partial charge in [0, 0.05) is 6.61 Å². The van der Waals surface area contributed by atoms with Gasteiger partial charge in [-0.3, -0.25) is 4.79 Å². The third kappa shape index (κ3) is 4.17. The van der Waals surface area contributed by atoms with Gasteiger partial charge in [-0.15, -0.1) is 0 Å². The van der Waals surface area contributed by atoms with Crippen LogP contribution in [0.3, 0.4) is 0 Å². The summed E-state index contributed by atoms with van der Waals surface area (Å²) in [6, 6.07) is 8.83. The van der Waals surface area contributed by atoms with Gasteiger partial charge in [0.2, 0.25) is 0 Å². The van der Waals surface area contributed by atoms with Crippen LogP contribution in [0.1, 0.15) is 31.2 Å². The van der Waals surface area contributed by atoms with E-state index in [4.69, 9.17) is 4.74 Å². The van der Waals surface area contributed by atoms with E-state index in [9.17, 15) is 23.4 Å². The first-order chi connectivity index (χ1) is 13.8. The molecule has 8 nitrogen and oxygen atoms in total. The second-order valence-corrected chi connectivity index (χ2v) is 9.17. The number of carbonyl (C=O) groups excluding carboxylic acids is 1. The van der Waals surface area contributed by atoms with E-state index >= 15 is 0 Å². The lowest BCUT2D eigenvalue weighted by atomic mass is 9.99. The van der Waals surface area contributed by atoms with Crippen LogP contribution in [0.5, 0.6) is 5.75 Å². The number of aliphatic hydroxyl groups excluding tert-OH is 1. The summed E-state index contributed by atoms with van der Waals surface area (Å²) in [5.74, 6) is -0.840. The molecule has 2 saturated heterocycles. The number of ether oxygens (including phenoxy) is 1. The van der Waals surface area contributed by atoms with Crippen LogP contribution in [0.15, 0.2) is 30.3 Å². The molecule has 29 heavy (non-hydrogen) atoms. The Morgan fingerprint density at radius 2 is 2.07 bits per heavy atom. The largest absolute Gasteiger partial charge is 0.506 e. The van der Waals surface area contributed by atoms with E-state index < -0.39 is 22.2 Å². The number of hydrogen-bond donors (Lipinski definition) is 3. The number of fused-ring (bicyclic) bond motifs is 1. The molecule has 2 fully saturated rings. The Kier molecular flexibility index (Phi) is 5.37. The minimum Gasteiger partial charge on any atom is -0.506 e. The molecule has 0 aliphatic carbocycles. The van der Waals surface area contributed by atoms with Gasteiger partial charge in [-0.25, -0.2) is 9.03 Å². The Morgan fingerprint density at radius 1 is 1.24 bits per heavy atom. The highest BCUT2D eigenvalue weighted by Crippen LogP contribution is 2.35. The number of carbonyl (C=O) groups is 1. The number of aliphatic hydroxyl groups is 1. The van der Waals surface area contributed by atoms with E-state index in [-0.39, 0.29) is 24.1 Å². The summed E-state index contributed by atoms with van der Waals surface area (Å²) < 4.78 is 32.5. The predicted molar refractivity (Wildman–Crippen MR) is 108 cm³/mol. The molecule has 0 bridgehead atoms. The number of benzene rings is 2. The molecular formula is C20H24N2O6S. The lowest BCUT2D eigenvalue weighted by Gasteiger charge is -2.18. The topological polar surface area (TPSA) is 116 Å². The van der Waals surface area contributed by atoms with E-state index in [1.54, 1.807) is 6.07 Å². The van der Waals surface area contributed by atoms with Crippen molar-refractivity contribution in [3.63, 3.8) is 0 Å². The third-order valence-electron chi connectivity index (χ3n) is 5.45. The highest BCUT2D eigenvalue weighted by Gasteiger charge is 2.35. The van der Waals surface area contributed by atoms with Crippen molar-refractivity contribution in [3.05, 3.63) is 35.9 Å². The molecule has 3 N–H and O–H groups in total. The summed E-state index contributed by atoms with van der Waals surface area (Å²) >= 11 is 0. The monoisotopic (exact) mass is 420 g/mol. The minimum atomic E-state index is -3.99. The molecule has 0 radical (unpaired) electrons. The summed E-state index contributed by atoms with van der Waals surface area (Å²) in [6.07, 6.45) is 3.61. The number of nitrogens with zero attached hydrogens (tertiary/aromatic N) is 1. The first kappa shape index (κ1) is 19.9. The molecule has 2 aromatic carbocycles. The average molecular weight is 420 g/mol. The molecule has 2 unspecified atom stereocenters. The van der Waals surface area contributed by atoms with Crippen LogP contribution in [0.4, 0.5) is 5.69 Å². The van der Waals surface area contributed by atoms with Crippen molar-refractivity contribution in [1.29, 1.82) is 0 Å². The maximum absolute atomic E-state index is 12.1. The van der Waals surface area contributed by atoms with Crippen molar-refractivity contribution in [2.45, 2.75) is 44.3 Å². The van der Waals surface area contributed by atoms with E-state index in [1.165, 1.54) is 6.07 Å². The second-order valence-electron chi connectivity index (χ2n) is 7.57. The lowest BCUT2D eigenvalue weighted by Crippen LogP contribution is -2.29. The first-order valence-corrected chi connectivity index (χ1v) is 11.2. The summed E-state index contributed by atoms with van der Waals surface area (Å²) in [5, 5.41) is 22.0. The molecule has 2 atom stereocenters. The maximum atomic E-state index is 12.1. The average Bonchev–Trinajstić information content (AvgIpc) is 3.28. The van der Waals surface area contributed by atoms with Gasteiger partial charge < -0.3 is 14.9 Å². The predicted octanol–water partition coefficient (Wildman–Crippen LogP) is 1.59. The van der Waals surface area contributed by atoms with Crippen LogP contribution in [0, 0.1) is 0 Å². The Balaban J connectivity index is 1.51. The van der Waals surface area contributed by atoms with Crippen LogP contribution in [0.25, 0.3) is 10.8 Å². The van der Waals surface area contributed by atoms with Crippen molar-refractivity contribution in [1.82, 2.24) is 4.72 Å². The van der Waals surface area contributed by atoms with Gasteiger partial charge in [0.25, 0.3) is 5.91 Å². The molecule has 9 heteroatoms. The number of aryl methyl sites for hydroxylation is 1. The van der Waals surface area contributed by atoms with Crippen LogP contribution in [0.2, 0.25) is 0 Å². The molecule has 2 aromatic rings.